The molecule has 2 fully saturated rings. The minimum atomic E-state index is -2.80. The van der Waals surface area contributed by atoms with Crippen LogP contribution in [0.15, 0.2) is 0 Å². The second kappa shape index (κ2) is 7.98. The number of carbonyl (C=O) groups is 1. The molecule has 9 N–H and O–H groups in total. The molecule has 12 heteroatoms. The summed E-state index contributed by atoms with van der Waals surface area (Å²) in [4.78, 5) is 11.4. The molecule has 2 heterocycles. The van der Waals surface area contributed by atoms with Crippen LogP contribution < -0.4 is 5.32 Å². The molecule has 0 aromatic carbocycles. The molecule has 0 saturated carbocycles. The first-order valence-corrected chi connectivity index (χ1v) is 8.03. The van der Waals surface area contributed by atoms with Gasteiger partial charge in [-0.1, -0.05) is 0 Å². The van der Waals surface area contributed by atoms with Crippen LogP contribution in [-0.2, 0) is 14.3 Å². The molecular formula is C14H25NO11. The Morgan fingerprint density at radius 3 is 2.00 bits per heavy atom. The summed E-state index contributed by atoms with van der Waals surface area (Å²) >= 11 is 0. The lowest BCUT2D eigenvalue weighted by Gasteiger charge is -2.53. The molecule has 0 spiro atoms. The largest absolute Gasteiger partial charge is 0.394 e. The van der Waals surface area contributed by atoms with Crippen molar-refractivity contribution in [2.75, 3.05) is 13.2 Å². The predicted octanol–water partition coefficient (Wildman–Crippen LogP) is -5.86. The van der Waals surface area contributed by atoms with Crippen LogP contribution in [0.2, 0.25) is 0 Å². The summed E-state index contributed by atoms with van der Waals surface area (Å²) in [5.74, 6) is -3.47. The molecule has 152 valence electrons. The average molecular weight is 383 g/mol. The predicted molar refractivity (Wildman–Crippen MR) is 80.3 cm³/mol. The zero-order valence-electron chi connectivity index (χ0n) is 13.9. The fraction of sp³-hybridized carbons (Fsp3) is 0.929. The molecule has 26 heavy (non-hydrogen) atoms. The van der Waals surface area contributed by atoms with E-state index in [2.05, 4.69) is 5.32 Å². The first-order valence-electron chi connectivity index (χ1n) is 8.03. The van der Waals surface area contributed by atoms with Crippen molar-refractivity contribution in [2.45, 2.75) is 67.6 Å². The van der Waals surface area contributed by atoms with Crippen LogP contribution >= 0.6 is 0 Å². The van der Waals surface area contributed by atoms with Gasteiger partial charge in [-0.25, -0.2) is 0 Å². The molecule has 0 aliphatic carbocycles. The standard InChI is InChI=1S/C14H25NO11/c1-4(18)15-7-10(21)8(19)5(2-16)25-13(7)14(24)12(23)11(22)9(20)6(3-17)26-14/h5-13,16-17,19-24H,2-3H2,1H3,(H,15,18)/t5-,6-,7-,8-,9+,10-,11+,12-,13?,14-/m1/s1. The molecule has 2 aliphatic heterocycles. The molecule has 1 unspecified atom stereocenters. The molecule has 2 rings (SSSR count). The zero-order chi connectivity index (χ0) is 19.8. The third-order valence-corrected chi connectivity index (χ3v) is 4.70. The zero-order valence-corrected chi connectivity index (χ0v) is 13.9. The van der Waals surface area contributed by atoms with Crippen molar-refractivity contribution in [1.29, 1.82) is 0 Å². The van der Waals surface area contributed by atoms with Crippen molar-refractivity contribution in [3.8, 4) is 0 Å². The fourth-order valence-electron chi connectivity index (χ4n) is 3.28. The average Bonchev–Trinajstić information content (AvgIpc) is 2.60. The minimum absolute atomic E-state index is 0.675. The molecular weight excluding hydrogens is 358 g/mol. The number of hydrogen-bond donors (Lipinski definition) is 9. The van der Waals surface area contributed by atoms with Crippen molar-refractivity contribution < 1.29 is 55.1 Å². The highest BCUT2D eigenvalue weighted by Crippen LogP contribution is 2.37. The highest BCUT2D eigenvalue weighted by Gasteiger charge is 2.62. The maximum Gasteiger partial charge on any atom is 0.224 e. The van der Waals surface area contributed by atoms with Crippen LogP contribution in [0.5, 0.6) is 0 Å². The van der Waals surface area contributed by atoms with Crippen molar-refractivity contribution in [1.82, 2.24) is 5.32 Å². The Morgan fingerprint density at radius 2 is 1.50 bits per heavy atom. The Labute approximate surface area is 148 Å². The highest BCUT2D eigenvalue weighted by molar-refractivity contribution is 5.73. The van der Waals surface area contributed by atoms with E-state index in [9.17, 15) is 45.6 Å². The molecule has 2 aliphatic rings. The summed E-state index contributed by atoms with van der Waals surface area (Å²) in [7, 11) is 0. The maximum absolute atomic E-state index is 11.4. The number of ether oxygens (including phenoxy) is 2. The molecule has 1 amide bonds. The SMILES string of the molecule is CC(=O)N[C@H]1C([C@]2(O)O[C@H](CO)[C@H](O)[C@H](O)[C@H]2O)O[C@H](CO)[C@@H](O)[C@@H]1O. The fourth-order valence-corrected chi connectivity index (χ4v) is 3.28. The van der Waals surface area contributed by atoms with Gasteiger partial charge in [0.05, 0.1) is 19.3 Å². The first-order chi connectivity index (χ1) is 12.1. The van der Waals surface area contributed by atoms with Gasteiger partial charge in [0, 0.05) is 6.92 Å². The van der Waals surface area contributed by atoms with Gasteiger partial charge in [-0.05, 0) is 0 Å². The minimum Gasteiger partial charge on any atom is -0.394 e. The number of amides is 1. The monoisotopic (exact) mass is 383 g/mol. The van der Waals surface area contributed by atoms with Gasteiger partial charge in [-0.15, -0.1) is 0 Å². The van der Waals surface area contributed by atoms with Crippen molar-refractivity contribution in [3.05, 3.63) is 0 Å². The van der Waals surface area contributed by atoms with E-state index < -0.39 is 79.8 Å². The number of rotatable bonds is 4. The lowest BCUT2D eigenvalue weighted by Crippen LogP contribution is -2.77. The Hall–Kier alpha value is -0.930. The second-order valence-electron chi connectivity index (χ2n) is 6.50. The van der Waals surface area contributed by atoms with Crippen molar-refractivity contribution in [3.63, 3.8) is 0 Å². The highest BCUT2D eigenvalue weighted by atomic mass is 16.7. The van der Waals surface area contributed by atoms with Crippen LogP contribution in [0.1, 0.15) is 6.92 Å². The Bertz CT molecular complexity index is 505. The van der Waals surface area contributed by atoms with Crippen LogP contribution in [0.3, 0.4) is 0 Å². The molecule has 0 aromatic heterocycles. The van der Waals surface area contributed by atoms with Gasteiger partial charge < -0.3 is 55.6 Å². The number of aliphatic hydroxyl groups is 8. The van der Waals surface area contributed by atoms with Gasteiger partial charge in [0.15, 0.2) is 0 Å². The number of carbonyl (C=O) groups excluding carboxylic acids is 1. The third-order valence-electron chi connectivity index (χ3n) is 4.70. The van der Waals surface area contributed by atoms with Gasteiger partial charge in [0.25, 0.3) is 0 Å². The number of aliphatic hydroxyl groups excluding tert-OH is 7. The first kappa shape index (κ1) is 21.4. The van der Waals surface area contributed by atoms with Crippen LogP contribution in [-0.4, -0.2) is 121 Å². The summed E-state index contributed by atoms with van der Waals surface area (Å²) in [6.07, 6.45) is -13.9. The van der Waals surface area contributed by atoms with E-state index in [1.54, 1.807) is 0 Å². The topological polar surface area (TPSA) is 209 Å². The Balaban J connectivity index is 2.42. The lowest BCUT2D eigenvalue weighted by molar-refractivity contribution is -0.397. The number of nitrogens with one attached hydrogen (secondary N) is 1. The van der Waals surface area contributed by atoms with E-state index in [1.807, 2.05) is 0 Å². The van der Waals surface area contributed by atoms with Gasteiger partial charge in [-0.3, -0.25) is 4.79 Å². The summed E-state index contributed by atoms with van der Waals surface area (Å²) in [6.45, 7) is -0.521. The van der Waals surface area contributed by atoms with Gasteiger partial charge in [0.1, 0.15) is 48.8 Å². The van der Waals surface area contributed by atoms with Gasteiger partial charge >= 0.3 is 0 Å². The summed E-state index contributed by atoms with van der Waals surface area (Å²) in [5, 5.41) is 81.9. The smallest absolute Gasteiger partial charge is 0.224 e. The van der Waals surface area contributed by atoms with E-state index in [4.69, 9.17) is 9.47 Å². The molecule has 0 aromatic rings. The Morgan fingerprint density at radius 1 is 0.962 bits per heavy atom. The molecule has 0 radical (unpaired) electrons. The molecule has 0 bridgehead atoms. The van der Waals surface area contributed by atoms with Crippen LogP contribution in [0.25, 0.3) is 0 Å². The summed E-state index contributed by atoms with van der Waals surface area (Å²) in [5.41, 5.74) is 0. The van der Waals surface area contributed by atoms with Gasteiger partial charge in [0.2, 0.25) is 11.7 Å². The quantitative estimate of drug-likeness (QED) is 0.223. The summed E-state index contributed by atoms with van der Waals surface area (Å²) in [6, 6.07) is -1.51. The van der Waals surface area contributed by atoms with Crippen molar-refractivity contribution in [2.24, 2.45) is 0 Å². The van der Waals surface area contributed by atoms with Crippen LogP contribution in [0.4, 0.5) is 0 Å². The van der Waals surface area contributed by atoms with E-state index in [1.165, 1.54) is 0 Å². The molecule has 2 saturated heterocycles. The second-order valence-corrected chi connectivity index (χ2v) is 6.50. The Kier molecular flexibility index (Phi) is 6.56. The van der Waals surface area contributed by atoms with Crippen LogP contribution in [0, 0.1) is 0 Å². The van der Waals surface area contributed by atoms with Gasteiger partial charge in [-0.2, -0.15) is 0 Å². The summed E-state index contributed by atoms with van der Waals surface area (Å²) < 4.78 is 10.5. The van der Waals surface area contributed by atoms with E-state index in [0.29, 0.717) is 0 Å². The van der Waals surface area contributed by atoms with E-state index in [-0.39, 0.29) is 0 Å². The molecule has 12 nitrogen and oxygen atoms in total. The maximum atomic E-state index is 11.4. The molecule has 10 atom stereocenters. The number of hydrogen-bond acceptors (Lipinski definition) is 11. The van der Waals surface area contributed by atoms with Crippen molar-refractivity contribution >= 4 is 5.91 Å². The third kappa shape index (κ3) is 3.57. The van der Waals surface area contributed by atoms with E-state index >= 15 is 0 Å². The normalized spacial score (nSPS) is 49.7. The van der Waals surface area contributed by atoms with E-state index in [0.717, 1.165) is 6.92 Å². The lowest BCUT2D eigenvalue weighted by atomic mass is 9.82.